The van der Waals surface area contributed by atoms with Gasteiger partial charge in [-0.1, -0.05) is 63.6 Å². The molecule has 1 heterocycles. The molecule has 1 amide bonds. The Morgan fingerprint density at radius 3 is 2.55 bits per heavy atom. The Morgan fingerprint density at radius 2 is 1.85 bits per heavy atom. The second kappa shape index (κ2) is 9.22. The van der Waals surface area contributed by atoms with Crippen molar-refractivity contribution in [3.8, 4) is 0 Å². The molecule has 4 rings (SSSR count). The molecule has 0 saturated carbocycles. The Hall–Kier alpha value is -2.79. The van der Waals surface area contributed by atoms with E-state index in [1.807, 2.05) is 48.5 Å². The van der Waals surface area contributed by atoms with Crippen molar-refractivity contribution < 1.29 is 9.59 Å². The highest BCUT2D eigenvalue weighted by molar-refractivity contribution is 6.30. The lowest BCUT2D eigenvalue weighted by Crippen LogP contribution is -2.42. The molecule has 1 atom stereocenters. The van der Waals surface area contributed by atoms with Crippen LogP contribution in [0.15, 0.2) is 59.8 Å². The summed E-state index contributed by atoms with van der Waals surface area (Å²) >= 11 is 6.19. The number of anilines is 2. The summed E-state index contributed by atoms with van der Waals surface area (Å²) < 4.78 is 0. The summed E-state index contributed by atoms with van der Waals surface area (Å²) in [5.74, 6) is 0.412. The Bertz CT molecular complexity index is 1090. The number of amides is 1. The predicted molar refractivity (Wildman–Crippen MR) is 134 cm³/mol. The summed E-state index contributed by atoms with van der Waals surface area (Å²) in [7, 11) is 0. The van der Waals surface area contributed by atoms with Crippen LogP contribution < -0.4 is 15.5 Å². The SMILES string of the molecule is CC(C)CNC(=O)CN1c2ccccc2NC2=C(C(=O)CC(C)(C)C2)C1c1ccc(Cl)cc1. The van der Waals surface area contributed by atoms with Crippen LogP contribution in [-0.4, -0.2) is 24.8 Å². The van der Waals surface area contributed by atoms with Gasteiger partial charge < -0.3 is 15.5 Å². The van der Waals surface area contributed by atoms with Gasteiger partial charge in [-0.3, -0.25) is 9.59 Å². The molecule has 0 spiro atoms. The van der Waals surface area contributed by atoms with E-state index in [9.17, 15) is 9.59 Å². The summed E-state index contributed by atoms with van der Waals surface area (Å²) in [6, 6.07) is 15.2. The smallest absolute Gasteiger partial charge is 0.239 e. The molecule has 2 N–H and O–H groups in total. The van der Waals surface area contributed by atoms with Gasteiger partial charge >= 0.3 is 0 Å². The summed E-state index contributed by atoms with van der Waals surface area (Å²) in [6.45, 7) is 9.15. The van der Waals surface area contributed by atoms with Crippen molar-refractivity contribution in [3.63, 3.8) is 0 Å². The molecule has 2 aromatic rings. The maximum Gasteiger partial charge on any atom is 0.239 e. The van der Waals surface area contributed by atoms with Gasteiger partial charge in [0.2, 0.25) is 5.91 Å². The highest BCUT2D eigenvalue weighted by Crippen LogP contribution is 2.48. The Balaban J connectivity index is 1.87. The third kappa shape index (κ3) is 5.09. The van der Waals surface area contributed by atoms with E-state index in [2.05, 4.69) is 43.2 Å². The fourth-order valence-corrected chi connectivity index (χ4v) is 4.87. The van der Waals surface area contributed by atoms with Crippen molar-refractivity contribution >= 4 is 34.7 Å². The van der Waals surface area contributed by atoms with Crippen LogP contribution in [0.4, 0.5) is 11.4 Å². The summed E-state index contributed by atoms with van der Waals surface area (Å²) in [5.41, 5.74) is 4.29. The van der Waals surface area contributed by atoms with E-state index in [4.69, 9.17) is 11.6 Å². The van der Waals surface area contributed by atoms with Crippen molar-refractivity contribution in [2.75, 3.05) is 23.3 Å². The van der Waals surface area contributed by atoms with Gasteiger partial charge in [0.1, 0.15) is 0 Å². The fraction of sp³-hybridized carbons (Fsp3) is 0.407. The minimum atomic E-state index is -0.387. The zero-order valence-corrected chi connectivity index (χ0v) is 20.5. The van der Waals surface area contributed by atoms with Crippen molar-refractivity contribution in [2.24, 2.45) is 11.3 Å². The van der Waals surface area contributed by atoms with Crippen LogP contribution >= 0.6 is 11.6 Å². The number of para-hydroxylation sites is 2. The first-order valence-electron chi connectivity index (χ1n) is 11.6. The average Bonchev–Trinajstić information content (AvgIpc) is 2.87. The van der Waals surface area contributed by atoms with Crippen LogP contribution in [0.2, 0.25) is 5.02 Å². The quantitative estimate of drug-likeness (QED) is 0.592. The van der Waals surface area contributed by atoms with Crippen LogP contribution in [0.3, 0.4) is 0 Å². The lowest BCUT2D eigenvalue weighted by atomic mass is 9.73. The van der Waals surface area contributed by atoms with Gasteiger partial charge in [-0.15, -0.1) is 0 Å². The molecular formula is C27H32ClN3O2. The van der Waals surface area contributed by atoms with Crippen LogP contribution in [0.5, 0.6) is 0 Å². The number of carbonyl (C=O) groups is 2. The Morgan fingerprint density at radius 1 is 1.15 bits per heavy atom. The molecule has 0 aromatic heterocycles. The minimum Gasteiger partial charge on any atom is -0.357 e. The molecular weight excluding hydrogens is 434 g/mol. The topological polar surface area (TPSA) is 61.4 Å². The van der Waals surface area contributed by atoms with Crippen LogP contribution in [0.1, 0.15) is 52.1 Å². The summed E-state index contributed by atoms with van der Waals surface area (Å²) in [6.07, 6.45) is 1.24. The van der Waals surface area contributed by atoms with Crippen molar-refractivity contribution in [2.45, 2.75) is 46.6 Å². The van der Waals surface area contributed by atoms with Crippen molar-refractivity contribution in [1.29, 1.82) is 0 Å². The largest absolute Gasteiger partial charge is 0.357 e. The number of ketones is 1. The number of rotatable bonds is 5. The highest BCUT2D eigenvalue weighted by atomic mass is 35.5. The van der Waals surface area contributed by atoms with Crippen molar-refractivity contribution in [1.82, 2.24) is 5.32 Å². The first-order valence-corrected chi connectivity index (χ1v) is 11.9. The molecule has 2 aromatic carbocycles. The molecule has 0 fully saturated rings. The molecule has 1 aliphatic heterocycles. The van der Waals surface area contributed by atoms with Gasteiger partial charge in [0.05, 0.1) is 24.0 Å². The standard InChI is InChI=1S/C27H32ClN3O2/c1-17(2)15-29-24(33)16-31-22-8-6-5-7-20(22)30-21-13-27(3,4)14-23(32)25(21)26(31)18-9-11-19(28)12-10-18/h5-12,17,26,30H,13-16H2,1-4H3,(H,29,33). The predicted octanol–water partition coefficient (Wildman–Crippen LogP) is 5.73. The van der Waals surface area contributed by atoms with Gasteiger partial charge in [-0.25, -0.2) is 0 Å². The zero-order chi connectivity index (χ0) is 23.8. The summed E-state index contributed by atoms with van der Waals surface area (Å²) in [4.78, 5) is 28.7. The van der Waals surface area contributed by atoms with Gasteiger partial charge in [-0.05, 0) is 47.6 Å². The van der Waals surface area contributed by atoms with E-state index >= 15 is 0 Å². The van der Waals surface area contributed by atoms with Gasteiger partial charge in [0, 0.05) is 29.3 Å². The van der Waals surface area contributed by atoms with Crippen LogP contribution in [0, 0.1) is 11.3 Å². The third-order valence-electron chi connectivity index (χ3n) is 6.21. The molecule has 0 bridgehead atoms. The van der Waals surface area contributed by atoms with E-state index in [0.29, 0.717) is 23.9 Å². The number of fused-ring (bicyclic) bond motifs is 1. The molecule has 6 heteroatoms. The van der Waals surface area contributed by atoms with E-state index in [1.165, 1.54) is 0 Å². The maximum absolute atomic E-state index is 13.6. The molecule has 2 aliphatic rings. The molecule has 0 saturated heterocycles. The number of nitrogens with zero attached hydrogens (tertiary/aromatic N) is 1. The third-order valence-corrected chi connectivity index (χ3v) is 6.46. The first-order chi connectivity index (χ1) is 15.6. The van der Waals surface area contributed by atoms with E-state index in [-0.39, 0.29) is 29.7 Å². The number of carbonyl (C=O) groups excluding carboxylic acids is 2. The number of benzene rings is 2. The Kier molecular flexibility index (Phi) is 6.53. The number of nitrogens with one attached hydrogen (secondary N) is 2. The van der Waals surface area contributed by atoms with E-state index in [1.54, 1.807) is 0 Å². The molecule has 1 aliphatic carbocycles. The Labute approximate surface area is 201 Å². The number of halogens is 1. The minimum absolute atomic E-state index is 0.0647. The lowest BCUT2D eigenvalue weighted by Gasteiger charge is -2.38. The lowest BCUT2D eigenvalue weighted by molar-refractivity contribution is -0.120. The first kappa shape index (κ1) is 23.4. The van der Waals surface area contributed by atoms with Crippen molar-refractivity contribution in [3.05, 3.63) is 70.4 Å². The number of hydrogen-bond acceptors (Lipinski definition) is 4. The van der Waals surface area contributed by atoms with Crippen LogP contribution in [-0.2, 0) is 9.59 Å². The maximum atomic E-state index is 13.6. The van der Waals surface area contributed by atoms with Gasteiger partial charge in [-0.2, -0.15) is 0 Å². The molecule has 33 heavy (non-hydrogen) atoms. The average molecular weight is 466 g/mol. The van der Waals surface area contributed by atoms with Gasteiger partial charge in [0.15, 0.2) is 5.78 Å². The highest BCUT2D eigenvalue weighted by Gasteiger charge is 2.41. The van der Waals surface area contributed by atoms with Gasteiger partial charge in [0.25, 0.3) is 0 Å². The number of Topliss-reactive ketones (excluding diaryl/α,β-unsaturated/α-hetero) is 1. The molecule has 174 valence electrons. The number of allylic oxidation sites excluding steroid dienone is 1. The van der Waals surface area contributed by atoms with Crippen LogP contribution in [0.25, 0.3) is 0 Å². The second-order valence-electron chi connectivity index (χ2n) is 10.3. The molecule has 0 radical (unpaired) electrons. The molecule has 1 unspecified atom stereocenters. The normalized spacial score (nSPS) is 19.5. The monoisotopic (exact) mass is 465 g/mol. The zero-order valence-electron chi connectivity index (χ0n) is 19.7. The fourth-order valence-electron chi connectivity index (χ4n) is 4.75. The molecule has 5 nitrogen and oxygen atoms in total. The van der Waals surface area contributed by atoms with E-state index < -0.39 is 0 Å². The second-order valence-corrected chi connectivity index (χ2v) is 10.7. The number of hydrogen-bond donors (Lipinski definition) is 2. The summed E-state index contributed by atoms with van der Waals surface area (Å²) in [5, 5.41) is 7.24. The van der Waals surface area contributed by atoms with E-state index in [0.717, 1.165) is 34.6 Å².